The van der Waals surface area contributed by atoms with Crippen LogP contribution in [0.5, 0.6) is 0 Å². The van der Waals surface area contributed by atoms with Gasteiger partial charge < -0.3 is 29.5 Å². The van der Waals surface area contributed by atoms with Crippen LogP contribution in [0.1, 0.15) is 107 Å². The summed E-state index contributed by atoms with van der Waals surface area (Å²) in [5.41, 5.74) is -0.789. The molecule has 0 saturated heterocycles. The molecule has 0 aromatic heterocycles. The van der Waals surface area contributed by atoms with Crippen molar-refractivity contribution in [3.8, 4) is 0 Å². The zero-order chi connectivity index (χ0) is 32.8. The monoisotopic (exact) mass is 620 g/mol. The molecule has 9 nitrogen and oxygen atoms in total. The van der Waals surface area contributed by atoms with Gasteiger partial charge in [-0.05, 0) is 91.9 Å². The van der Waals surface area contributed by atoms with Gasteiger partial charge in [0, 0.05) is 30.4 Å². The van der Waals surface area contributed by atoms with E-state index in [0.29, 0.717) is 49.4 Å². The summed E-state index contributed by atoms with van der Waals surface area (Å²) >= 11 is 0. The first-order valence-electron chi connectivity index (χ1n) is 16.8. The molecule has 4 aliphatic rings. The fourth-order valence-electron chi connectivity index (χ4n) is 10.5. The zero-order valence-corrected chi connectivity index (χ0v) is 28.1. The molecule has 4 fully saturated rings. The van der Waals surface area contributed by atoms with E-state index < -0.39 is 53.2 Å². The van der Waals surface area contributed by atoms with Crippen LogP contribution in [0.2, 0.25) is 0 Å². The van der Waals surface area contributed by atoms with E-state index in [0.717, 1.165) is 25.7 Å². The highest BCUT2D eigenvalue weighted by atomic mass is 16.6. The molecule has 11 unspecified atom stereocenters. The quantitative estimate of drug-likeness (QED) is 0.219. The van der Waals surface area contributed by atoms with E-state index in [1.54, 1.807) is 6.92 Å². The van der Waals surface area contributed by atoms with Gasteiger partial charge in [0.2, 0.25) is 0 Å². The molecule has 0 aromatic rings. The number of esters is 2. The minimum atomic E-state index is -1.08. The van der Waals surface area contributed by atoms with Crippen molar-refractivity contribution in [2.45, 2.75) is 131 Å². The van der Waals surface area contributed by atoms with Gasteiger partial charge >= 0.3 is 17.9 Å². The predicted molar refractivity (Wildman–Crippen MR) is 164 cm³/mol. The molecule has 44 heavy (non-hydrogen) atoms. The molecule has 4 rings (SSSR count). The predicted octanol–water partition coefficient (Wildman–Crippen LogP) is 5.30. The summed E-state index contributed by atoms with van der Waals surface area (Å²) < 4.78 is 17.4. The minimum absolute atomic E-state index is 0.0135. The molecule has 4 saturated carbocycles. The largest absolute Gasteiger partial charge is 0.478 e. The first-order chi connectivity index (χ1) is 20.5. The van der Waals surface area contributed by atoms with Gasteiger partial charge in [0.25, 0.3) is 0 Å². The molecule has 4 aliphatic carbocycles. The second-order valence-electron chi connectivity index (χ2n) is 15.2. The molecule has 0 bridgehead atoms. The van der Waals surface area contributed by atoms with Crippen molar-refractivity contribution < 1.29 is 43.9 Å². The van der Waals surface area contributed by atoms with Crippen molar-refractivity contribution in [1.29, 1.82) is 0 Å². The van der Waals surface area contributed by atoms with Crippen LogP contribution in [0.25, 0.3) is 0 Å². The third-order valence-corrected chi connectivity index (χ3v) is 12.6. The fraction of sp³-hybridized carbons (Fsp3) is 0.857. The molecule has 11 atom stereocenters. The molecule has 0 heterocycles. The lowest BCUT2D eigenvalue weighted by molar-refractivity contribution is -0.289. The Morgan fingerprint density at radius 3 is 2.32 bits per heavy atom. The Morgan fingerprint density at radius 2 is 1.73 bits per heavy atom. The average molecular weight is 621 g/mol. The summed E-state index contributed by atoms with van der Waals surface area (Å²) in [4.78, 5) is 38.3. The number of aliphatic hydroxyl groups is 2. The first-order valence-corrected chi connectivity index (χ1v) is 16.8. The van der Waals surface area contributed by atoms with E-state index in [-0.39, 0.29) is 35.7 Å². The number of ether oxygens (including phenoxy) is 3. The third-order valence-electron chi connectivity index (χ3n) is 12.6. The second kappa shape index (κ2) is 13.0. The van der Waals surface area contributed by atoms with Gasteiger partial charge in [0.15, 0.2) is 0 Å². The van der Waals surface area contributed by atoms with Crippen LogP contribution in [-0.4, -0.2) is 70.9 Å². The molecule has 0 radical (unpaired) electrons. The standard InChI is InChI=1S/C35H56O9/c1-9-42-18-27(38)44-30-29-20(4)24(37)15-16-33(29,6)26-14-13-23-28(22(32(40)41)12-10-11-19(2)3)25(43-21(5)36)17-34(23,7)35(26,8)31(30)39/h19-20,23-26,29-31,37,39H,9-18H2,1-8H3,(H,40,41)/b28-22-. The van der Waals surface area contributed by atoms with E-state index in [1.165, 1.54) is 6.92 Å². The molecule has 250 valence electrons. The van der Waals surface area contributed by atoms with Crippen LogP contribution in [0.15, 0.2) is 11.1 Å². The number of hydrogen-bond acceptors (Lipinski definition) is 8. The van der Waals surface area contributed by atoms with Gasteiger partial charge in [-0.15, -0.1) is 0 Å². The number of fused-ring (bicyclic) bond motifs is 5. The smallest absolute Gasteiger partial charge is 0.332 e. The van der Waals surface area contributed by atoms with Crippen molar-refractivity contribution in [2.75, 3.05) is 13.2 Å². The molecule has 3 N–H and O–H groups in total. The van der Waals surface area contributed by atoms with Crippen molar-refractivity contribution in [3.05, 3.63) is 11.1 Å². The van der Waals surface area contributed by atoms with Gasteiger partial charge in [-0.1, -0.05) is 48.0 Å². The maximum absolute atomic E-state index is 13.0. The topological polar surface area (TPSA) is 140 Å². The number of hydrogen-bond donors (Lipinski definition) is 3. The molecule has 9 heteroatoms. The van der Waals surface area contributed by atoms with E-state index in [9.17, 15) is 29.7 Å². The van der Waals surface area contributed by atoms with Crippen LogP contribution in [0.4, 0.5) is 0 Å². The molecular formula is C35H56O9. The van der Waals surface area contributed by atoms with Crippen molar-refractivity contribution in [1.82, 2.24) is 0 Å². The van der Waals surface area contributed by atoms with E-state index in [1.807, 2.05) is 6.92 Å². The van der Waals surface area contributed by atoms with Gasteiger partial charge in [0.1, 0.15) is 18.8 Å². The van der Waals surface area contributed by atoms with Crippen molar-refractivity contribution >= 4 is 17.9 Å². The summed E-state index contributed by atoms with van der Waals surface area (Å²) in [5, 5.41) is 34.0. The number of rotatable bonds is 10. The zero-order valence-electron chi connectivity index (χ0n) is 28.1. The number of carboxylic acids is 1. The fourth-order valence-corrected chi connectivity index (χ4v) is 10.5. The normalized spacial score (nSPS) is 42.6. The van der Waals surface area contributed by atoms with Gasteiger partial charge in [-0.25, -0.2) is 9.59 Å². The molecule has 0 aliphatic heterocycles. The average Bonchev–Trinajstić information content (AvgIpc) is 3.22. The molecular weight excluding hydrogens is 564 g/mol. The SMILES string of the molecule is CCOCC(=O)OC1C2C(C)C(O)CCC2(C)C2CCC3/C(=C(\CCCC(C)C)C(=O)O)C(OC(C)=O)CC3(C)C2(C)C1O. The van der Waals surface area contributed by atoms with Gasteiger partial charge in [0.05, 0.1) is 12.2 Å². The lowest BCUT2D eigenvalue weighted by Gasteiger charge is -2.70. The van der Waals surface area contributed by atoms with Crippen LogP contribution in [-0.2, 0) is 28.6 Å². The lowest BCUT2D eigenvalue weighted by Crippen LogP contribution is -2.72. The van der Waals surface area contributed by atoms with Crippen molar-refractivity contribution in [3.63, 3.8) is 0 Å². The highest BCUT2D eigenvalue weighted by Gasteiger charge is 2.74. The Bertz CT molecular complexity index is 1130. The summed E-state index contributed by atoms with van der Waals surface area (Å²) in [6.45, 7) is 15.9. The molecule has 0 aromatic carbocycles. The van der Waals surface area contributed by atoms with E-state index in [2.05, 4.69) is 34.6 Å². The number of carbonyl (C=O) groups excluding carboxylic acids is 2. The Hall–Kier alpha value is -1.97. The van der Waals surface area contributed by atoms with Gasteiger partial charge in [-0.3, -0.25) is 4.79 Å². The van der Waals surface area contributed by atoms with Crippen LogP contribution < -0.4 is 0 Å². The van der Waals surface area contributed by atoms with E-state index in [4.69, 9.17) is 14.2 Å². The number of aliphatic carboxylic acids is 1. The number of carbonyl (C=O) groups is 3. The second-order valence-corrected chi connectivity index (χ2v) is 15.2. The molecule has 0 amide bonds. The van der Waals surface area contributed by atoms with Gasteiger partial charge in [-0.2, -0.15) is 0 Å². The van der Waals surface area contributed by atoms with Crippen LogP contribution in [0, 0.1) is 45.8 Å². The summed E-state index contributed by atoms with van der Waals surface area (Å²) in [5.74, 6) is -2.23. The van der Waals surface area contributed by atoms with Crippen molar-refractivity contribution in [2.24, 2.45) is 45.8 Å². The van der Waals surface area contributed by atoms with Crippen LogP contribution in [0.3, 0.4) is 0 Å². The summed E-state index contributed by atoms with van der Waals surface area (Å²) in [7, 11) is 0. The van der Waals surface area contributed by atoms with Crippen LogP contribution >= 0.6 is 0 Å². The number of carboxylic acid groups (broad SMARTS) is 1. The molecule has 0 spiro atoms. The number of aliphatic hydroxyl groups excluding tert-OH is 2. The third kappa shape index (κ3) is 5.74. The maximum Gasteiger partial charge on any atom is 0.332 e. The Balaban J connectivity index is 1.86. The Morgan fingerprint density at radius 1 is 1.05 bits per heavy atom. The maximum atomic E-state index is 13.0. The highest BCUT2D eigenvalue weighted by molar-refractivity contribution is 5.88. The minimum Gasteiger partial charge on any atom is -0.478 e. The Kier molecular flexibility index (Phi) is 10.3. The summed E-state index contributed by atoms with van der Waals surface area (Å²) in [6, 6.07) is 0. The summed E-state index contributed by atoms with van der Waals surface area (Å²) in [6.07, 6.45) is 1.97. The first kappa shape index (κ1) is 34.9. The Labute approximate surface area is 263 Å². The van der Waals surface area contributed by atoms with E-state index >= 15 is 0 Å². The lowest BCUT2D eigenvalue weighted by atomic mass is 9.35. The highest BCUT2D eigenvalue weighted by Crippen LogP contribution is 2.74.